The highest BCUT2D eigenvalue weighted by atomic mass is 32.2. The Kier molecular flexibility index (Phi) is 8.61. The molecule has 0 aliphatic heterocycles. The number of carbonyl (C=O) groups is 2. The molecule has 0 aliphatic rings. The molecule has 9 heteroatoms. The Bertz CT molecular complexity index is 1230. The number of nitrogen functional groups attached to an aromatic ring is 1. The van der Waals surface area contributed by atoms with Crippen molar-refractivity contribution in [1.82, 2.24) is 14.9 Å². The normalized spacial score (nSPS) is 11.8. The summed E-state index contributed by atoms with van der Waals surface area (Å²) >= 11 is 1.10. The van der Waals surface area contributed by atoms with E-state index in [-0.39, 0.29) is 11.7 Å². The second-order valence-electron chi connectivity index (χ2n) is 7.63. The highest BCUT2D eigenvalue weighted by Gasteiger charge is 2.18. The van der Waals surface area contributed by atoms with Crippen molar-refractivity contribution in [1.29, 1.82) is 0 Å². The van der Waals surface area contributed by atoms with Crippen LogP contribution in [0, 0.1) is 6.92 Å². The maximum absolute atomic E-state index is 13.2. The van der Waals surface area contributed by atoms with Gasteiger partial charge in [-0.2, -0.15) is 0 Å². The Morgan fingerprint density at radius 3 is 2.59 bits per heavy atom. The lowest BCUT2D eigenvalue weighted by atomic mass is 10.1. The molecule has 34 heavy (non-hydrogen) atoms. The number of carbonyl (C=O) groups excluding carboxylic acids is 2. The summed E-state index contributed by atoms with van der Waals surface area (Å²) in [6.07, 6.45) is 2.81. The number of thioether (sulfide) groups is 1. The third kappa shape index (κ3) is 6.12. The van der Waals surface area contributed by atoms with Gasteiger partial charge in [-0.15, -0.1) is 0 Å². The average Bonchev–Trinajstić information content (AvgIpc) is 2.84. The van der Waals surface area contributed by atoms with E-state index >= 15 is 0 Å². The summed E-state index contributed by atoms with van der Waals surface area (Å²) in [4.78, 5) is 35.7. The van der Waals surface area contributed by atoms with Gasteiger partial charge in [-0.05, 0) is 60.6 Å². The van der Waals surface area contributed by atoms with Crippen molar-refractivity contribution in [2.24, 2.45) is 0 Å². The number of methoxy groups -OCH3 is 2. The SMILES string of the molecule is COCC/C(SC(=O)c1ccc2cc(OC)ccc2c1)=C(\C)N(C=O)Cc1cnc(C)nc1N. The molecule has 0 bridgehead atoms. The number of nitrogens with two attached hydrogens (primary N) is 1. The zero-order chi connectivity index (χ0) is 24.7. The van der Waals surface area contributed by atoms with Crippen LogP contribution in [0.4, 0.5) is 5.82 Å². The maximum atomic E-state index is 13.2. The van der Waals surface area contributed by atoms with Gasteiger partial charge in [0.15, 0.2) is 0 Å². The number of allylic oxidation sites excluding steroid dienone is 1. The number of fused-ring (bicyclic) bond motifs is 1. The van der Waals surface area contributed by atoms with Crippen molar-refractivity contribution >= 4 is 39.9 Å². The van der Waals surface area contributed by atoms with Crippen LogP contribution < -0.4 is 10.5 Å². The molecule has 0 atom stereocenters. The zero-order valence-corrected chi connectivity index (χ0v) is 20.5. The fourth-order valence-electron chi connectivity index (χ4n) is 3.36. The molecular formula is C25H28N4O4S. The number of benzene rings is 2. The van der Waals surface area contributed by atoms with Crippen molar-refractivity contribution in [3.05, 3.63) is 70.1 Å². The molecule has 0 unspecified atom stereocenters. The number of hydrogen-bond acceptors (Lipinski definition) is 8. The second-order valence-corrected chi connectivity index (χ2v) is 8.70. The van der Waals surface area contributed by atoms with Gasteiger partial charge < -0.3 is 20.1 Å². The highest BCUT2D eigenvalue weighted by Crippen LogP contribution is 2.31. The molecule has 0 spiro atoms. The first-order chi connectivity index (χ1) is 16.4. The van der Waals surface area contributed by atoms with Crippen LogP contribution in [0.1, 0.15) is 35.1 Å². The van der Waals surface area contributed by atoms with Gasteiger partial charge in [0.2, 0.25) is 11.5 Å². The summed E-state index contributed by atoms with van der Waals surface area (Å²) in [5.41, 5.74) is 7.85. The fraction of sp³-hybridized carbons (Fsp3) is 0.280. The molecule has 1 aromatic heterocycles. The second kappa shape index (κ2) is 11.6. The van der Waals surface area contributed by atoms with Gasteiger partial charge in [-0.1, -0.05) is 12.1 Å². The molecule has 0 radical (unpaired) electrons. The highest BCUT2D eigenvalue weighted by molar-refractivity contribution is 8.17. The number of aromatic nitrogens is 2. The molecule has 1 heterocycles. The maximum Gasteiger partial charge on any atom is 0.223 e. The van der Waals surface area contributed by atoms with Crippen molar-refractivity contribution in [3.8, 4) is 5.75 Å². The van der Waals surface area contributed by atoms with E-state index in [1.807, 2.05) is 30.3 Å². The van der Waals surface area contributed by atoms with E-state index in [0.29, 0.717) is 41.5 Å². The lowest BCUT2D eigenvalue weighted by Gasteiger charge is -2.22. The summed E-state index contributed by atoms with van der Waals surface area (Å²) in [6, 6.07) is 11.3. The number of aryl methyl sites for hydroxylation is 1. The number of rotatable bonds is 10. The predicted molar refractivity (Wildman–Crippen MR) is 134 cm³/mol. The van der Waals surface area contributed by atoms with Gasteiger partial charge in [0.25, 0.3) is 0 Å². The van der Waals surface area contributed by atoms with Crippen molar-refractivity contribution in [3.63, 3.8) is 0 Å². The molecule has 0 fully saturated rings. The fourth-order valence-corrected chi connectivity index (χ4v) is 4.28. The molecule has 0 saturated heterocycles. The largest absolute Gasteiger partial charge is 0.497 e. The Labute approximate surface area is 203 Å². The molecule has 2 N–H and O–H groups in total. The zero-order valence-electron chi connectivity index (χ0n) is 19.7. The van der Waals surface area contributed by atoms with Gasteiger partial charge in [-0.3, -0.25) is 9.59 Å². The van der Waals surface area contributed by atoms with E-state index in [0.717, 1.165) is 39.6 Å². The lowest BCUT2D eigenvalue weighted by Crippen LogP contribution is -2.22. The van der Waals surface area contributed by atoms with Crippen molar-refractivity contribution in [2.45, 2.75) is 26.8 Å². The smallest absolute Gasteiger partial charge is 0.223 e. The first-order valence-corrected chi connectivity index (χ1v) is 11.5. The Hall–Kier alpha value is -3.43. The quantitative estimate of drug-likeness (QED) is 0.427. The number of anilines is 1. The molecule has 0 aliphatic carbocycles. The summed E-state index contributed by atoms with van der Waals surface area (Å²) in [5.74, 6) is 1.64. The first-order valence-electron chi connectivity index (χ1n) is 10.6. The molecule has 178 valence electrons. The number of nitrogens with zero attached hydrogens (tertiary/aromatic N) is 3. The van der Waals surface area contributed by atoms with E-state index in [1.54, 1.807) is 40.3 Å². The summed E-state index contributed by atoms with van der Waals surface area (Å²) in [6.45, 7) is 4.16. The topological polar surface area (TPSA) is 108 Å². The van der Waals surface area contributed by atoms with Gasteiger partial charge in [0, 0.05) is 41.5 Å². The van der Waals surface area contributed by atoms with E-state index in [1.165, 1.54) is 4.90 Å². The average molecular weight is 481 g/mol. The third-order valence-electron chi connectivity index (χ3n) is 5.35. The van der Waals surface area contributed by atoms with E-state index < -0.39 is 0 Å². The third-order valence-corrected chi connectivity index (χ3v) is 6.52. The molecule has 0 saturated carbocycles. The minimum atomic E-state index is -0.118. The minimum absolute atomic E-state index is 0.118. The van der Waals surface area contributed by atoms with Gasteiger partial charge in [0.05, 0.1) is 20.3 Å². The van der Waals surface area contributed by atoms with E-state index in [4.69, 9.17) is 15.2 Å². The van der Waals surface area contributed by atoms with Crippen molar-refractivity contribution in [2.75, 3.05) is 26.6 Å². The van der Waals surface area contributed by atoms with Crippen LogP contribution in [0.15, 0.2) is 53.2 Å². The molecule has 1 amide bonds. The van der Waals surface area contributed by atoms with Gasteiger partial charge >= 0.3 is 0 Å². The van der Waals surface area contributed by atoms with E-state index in [2.05, 4.69) is 9.97 Å². The molecule has 2 aromatic carbocycles. The van der Waals surface area contributed by atoms with Crippen LogP contribution in [-0.4, -0.2) is 47.2 Å². The molecule has 3 rings (SSSR count). The molecule has 3 aromatic rings. The molecule has 8 nitrogen and oxygen atoms in total. The van der Waals surface area contributed by atoms with Crippen LogP contribution in [0.2, 0.25) is 0 Å². The van der Waals surface area contributed by atoms with Crippen LogP contribution in [0.5, 0.6) is 5.75 Å². The number of ether oxygens (including phenoxy) is 2. The summed E-state index contributed by atoms with van der Waals surface area (Å²) < 4.78 is 10.5. The predicted octanol–water partition coefficient (Wildman–Crippen LogP) is 4.33. The Balaban J connectivity index is 1.87. The van der Waals surface area contributed by atoms with E-state index in [9.17, 15) is 9.59 Å². The molecular weight excluding hydrogens is 452 g/mol. The number of amides is 1. The summed E-state index contributed by atoms with van der Waals surface area (Å²) in [7, 11) is 3.22. The number of hydrogen-bond donors (Lipinski definition) is 1. The van der Waals surface area contributed by atoms with Crippen LogP contribution in [-0.2, 0) is 16.1 Å². The minimum Gasteiger partial charge on any atom is -0.497 e. The Morgan fingerprint density at radius 2 is 1.91 bits per heavy atom. The standard InChI is InChI=1S/C25H28N4O4S/c1-16(29(15-30)14-21-13-27-17(2)28-24(21)26)23(9-10-32-3)34-25(31)20-6-5-19-12-22(33-4)8-7-18(19)11-20/h5-8,11-13,15H,9-10,14H2,1-4H3,(H2,26,27,28)/b23-16-. The lowest BCUT2D eigenvalue weighted by molar-refractivity contribution is -0.116. The first kappa shape index (κ1) is 25.2. The monoisotopic (exact) mass is 480 g/mol. The summed E-state index contributed by atoms with van der Waals surface area (Å²) in [5, 5.41) is 1.81. The van der Waals surface area contributed by atoms with Crippen molar-refractivity contribution < 1.29 is 19.1 Å². The van der Waals surface area contributed by atoms with Crippen LogP contribution in [0.25, 0.3) is 10.8 Å². The van der Waals surface area contributed by atoms with Crippen LogP contribution >= 0.6 is 11.8 Å². The van der Waals surface area contributed by atoms with Gasteiger partial charge in [0.1, 0.15) is 17.4 Å². The van der Waals surface area contributed by atoms with Gasteiger partial charge in [-0.25, -0.2) is 9.97 Å². The Morgan fingerprint density at radius 1 is 1.18 bits per heavy atom. The van der Waals surface area contributed by atoms with Crippen LogP contribution in [0.3, 0.4) is 0 Å².